The largest absolute Gasteiger partial charge is 0.497 e. The SMILES string of the molecule is COc1ccc(C(=O)NC(C(=O)NCC(C)C)C2CCN(C(=O)CC(C)(C)C)CC2)cc1. The van der Waals surface area contributed by atoms with Gasteiger partial charge in [0.25, 0.3) is 5.91 Å². The zero-order valence-corrected chi connectivity index (χ0v) is 20.4. The molecular formula is C25H39N3O4. The van der Waals surface area contributed by atoms with Gasteiger partial charge in [-0.15, -0.1) is 0 Å². The third kappa shape index (κ3) is 7.84. The second kappa shape index (κ2) is 11.3. The summed E-state index contributed by atoms with van der Waals surface area (Å²) >= 11 is 0. The molecule has 1 aromatic carbocycles. The molecule has 1 aliphatic rings. The van der Waals surface area contributed by atoms with Crippen LogP contribution in [0, 0.1) is 17.3 Å². The number of carbonyl (C=O) groups is 3. The smallest absolute Gasteiger partial charge is 0.251 e. The van der Waals surface area contributed by atoms with Gasteiger partial charge in [0.1, 0.15) is 11.8 Å². The van der Waals surface area contributed by atoms with Gasteiger partial charge in [0.2, 0.25) is 11.8 Å². The Hall–Kier alpha value is -2.57. The van der Waals surface area contributed by atoms with Gasteiger partial charge >= 0.3 is 0 Å². The van der Waals surface area contributed by atoms with E-state index in [0.29, 0.717) is 56.1 Å². The van der Waals surface area contributed by atoms with Gasteiger partial charge in [0.05, 0.1) is 7.11 Å². The van der Waals surface area contributed by atoms with Crippen molar-refractivity contribution in [1.82, 2.24) is 15.5 Å². The Morgan fingerprint density at radius 1 is 1.09 bits per heavy atom. The number of methoxy groups -OCH3 is 1. The quantitative estimate of drug-likeness (QED) is 0.643. The lowest BCUT2D eigenvalue weighted by molar-refractivity contribution is -0.134. The Labute approximate surface area is 192 Å². The highest BCUT2D eigenvalue weighted by Crippen LogP contribution is 2.25. The number of hydrogen-bond donors (Lipinski definition) is 2. The number of carbonyl (C=O) groups excluding carboxylic acids is 3. The van der Waals surface area contributed by atoms with Crippen LogP contribution in [0.3, 0.4) is 0 Å². The molecule has 2 N–H and O–H groups in total. The van der Waals surface area contributed by atoms with E-state index >= 15 is 0 Å². The van der Waals surface area contributed by atoms with Crippen molar-refractivity contribution < 1.29 is 19.1 Å². The van der Waals surface area contributed by atoms with E-state index < -0.39 is 6.04 Å². The first-order valence-corrected chi connectivity index (χ1v) is 11.5. The summed E-state index contributed by atoms with van der Waals surface area (Å²) in [6.45, 7) is 12.0. The van der Waals surface area contributed by atoms with Crippen LogP contribution in [-0.2, 0) is 9.59 Å². The lowest BCUT2D eigenvalue weighted by Crippen LogP contribution is -2.54. The molecule has 178 valence electrons. The molecule has 1 heterocycles. The zero-order chi connectivity index (χ0) is 23.9. The molecule has 1 atom stereocenters. The molecule has 1 saturated heterocycles. The van der Waals surface area contributed by atoms with Gasteiger partial charge in [0.15, 0.2) is 0 Å². The van der Waals surface area contributed by atoms with Crippen LogP contribution in [0.4, 0.5) is 0 Å². The van der Waals surface area contributed by atoms with Crippen LogP contribution in [0.1, 0.15) is 64.2 Å². The highest BCUT2D eigenvalue weighted by atomic mass is 16.5. The number of rotatable bonds is 8. The Kier molecular flexibility index (Phi) is 9.10. The summed E-state index contributed by atoms with van der Waals surface area (Å²) in [6.07, 6.45) is 1.86. The van der Waals surface area contributed by atoms with E-state index in [2.05, 4.69) is 31.4 Å². The van der Waals surface area contributed by atoms with E-state index in [-0.39, 0.29) is 29.1 Å². The first kappa shape index (κ1) is 25.7. The van der Waals surface area contributed by atoms with Gasteiger partial charge in [-0.05, 0) is 54.4 Å². The molecule has 0 bridgehead atoms. The van der Waals surface area contributed by atoms with Crippen LogP contribution in [0.25, 0.3) is 0 Å². The second-order valence-corrected chi connectivity index (χ2v) is 10.3. The van der Waals surface area contributed by atoms with Crippen molar-refractivity contribution in [1.29, 1.82) is 0 Å². The van der Waals surface area contributed by atoms with E-state index in [0.717, 1.165) is 0 Å². The fourth-order valence-corrected chi connectivity index (χ4v) is 3.83. The molecule has 0 spiro atoms. The molecule has 3 amide bonds. The van der Waals surface area contributed by atoms with E-state index in [1.807, 2.05) is 18.7 Å². The number of hydrogen-bond acceptors (Lipinski definition) is 4. The van der Waals surface area contributed by atoms with Crippen molar-refractivity contribution in [2.45, 2.75) is 59.9 Å². The molecule has 7 heteroatoms. The molecule has 1 unspecified atom stereocenters. The van der Waals surface area contributed by atoms with Crippen molar-refractivity contribution in [2.24, 2.45) is 17.3 Å². The molecule has 1 aliphatic heterocycles. The lowest BCUT2D eigenvalue weighted by atomic mass is 9.87. The Morgan fingerprint density at radius 3 is 2.19 bits per heavy atom. The maximum Gasteiger partial charge on any atom is 0.251 e. The summed E-state index contributed by atoms with van der Waals surface area (Å²) in [5.74, 6) is 0.652. The van der Waals surface area contributed by atoms with Crippen molar-refractivity contribution >= 4 is 17.7 Å². The average molecular weight is 446 g/mol. The van der Waals surface area contributed by atoms with Gasteiger partial charge < -0.3 is 20.3 Å². The predicted molar refractivity (Wildman–Crippen MR) is 125 cm³/mol. The van der Waals surface area contributed by atoms with Gasteiger partial charge in [-0.3, -0.25) is 14.4 Å². The number of nitrogens with one attached hydrogen (secondary N) is 2. The normalized spacial score (nSPS) is 15.9. The zero-order valence-electron chi connectivity index (χ0n) is 20.4. The number of piperidine rings is 1. The molecule has 1 fully saturated rings. The van der Waals surface area contributed by atoms with Gasteiger partial charge in [-0.1, -0.05) is 34.6 Å². The van der Waals surface area contributed by atoms with Crippen molar-refractivity contribution in [3.8, 4) is 5.75 Å². The van der Waals surface area contributed by atoms with Crippen LogP contribution >= 0.6 is 0 Å². The average Bonchev–Trinajstić information content (AvgIpc) is 2.74. The minimum Gasteiger partial charge on any atom is -0.497 e. The van der Waals surface area contributed by atoms with E-state index in [4.69, 9.17) is 4.74 Å². The van der Waals surface area contributed by atoms with E-state index in [1.165, 1.54) is 0 Å². The van der Waals surface area contributed by atoms with Crippen molar-refractivity contribution in [3.05, 3.63) is 29.8 Å². The van der Waals surface area contributed by atoms with Crippen molar-refractivity contribution in [2.75, 3.05) is 26.7 Å². The number of nitrogens with zero attached hydrogens (tertiary/aromatic N) is 1. The summed E-state index contributed by atoms with van der Waals surface area (Å²) in [5.41, 5.74) is 0.421. The van der Waals surface area contributed by atoms with Gasteiger partial charge in [-0.25, -0.2) is 0 Å². The number of benzene rings is 1. The fraction of sp³-hybridized carbons (Fsp3) is 0.640. The summed E-state index contributed by atoms with van der Waals surface area (Å²) < 4.78 is 5.15. The van der Waals surface area contributed by atoms with Crippen LogP contribution < -0.4 is 15.4 Å². The maximum absolute atomic E-state index is 13.0. The second-order valence-electron chi connectivity index (χ2n) is 10.3. The monoisotopic (exact) mass is 445 g/mol. The lowest BCUT2D eigenvalue weighted by Gasteiger charge is -2.37. The summed E-state index contributed by atoms with van der Waals surface area (Å²) in [7, 11) is 1.57. The minimum atomic E-state index is -0.636. The van der Waals surface area contributed by atoms with Gasteiger partial charge in [-0.2, -0.15) is 0 Å². The van der Waals surface area contributed by atoms with Gasteiger partial charge in [0, 0.05) is 31.6 Å². The first-order valence-electron chi connectivity index (χ1n) is 11.5. The molecule has 32 heavy (non-hydrogen) atoms. The maximum atomic E-state index is 13.0. The third-order valence-corrected chi connectivity index (χ3v) is 5.65. The number of amides is 3. The topological polar surface area (TPSA) is 87.7 Å². The molecule has 0 aliphatic carbocycles. The summed E-state index contributed by atoms with van der Waals surface area (Å²) in [5, 5.41) is 5.92. The molecule has 0 radical (unpaired) electrons. The summed E-state index contributed by atoms with van der Waals surface area (Å²) in [4.78, 5) is 40.3. The highest BCUT2D eigenvalue weighted by molar-refractivity contribution is 5.97. The summed E-state index contributed by atoms with van der Waals surface area (Å²) in [6, 6.07) is 6.18. The highest BCUT2D eigenvalue weighted by Gasteiger charge is 2.34. The van der Waals surface area contributed by atoms with Crippen molar-refractivity contribution in [3.63, 3.8) is 0 Å². The molecule has 0 aromatic heterocycles. The molecular weight excluding hydrogens is 406 g/mol. The molecule has 0 saturated carbocycles. The van der Waals surface area contributed by atoms with Crippen LogP contribution in [0.5, 0.6) is 5.75 Å². The first-order chi connectivity index (χ1) is 15.0. The minimum absolute atomic E-state index is 0.0250. The standard InChI is InChI=1S/C25H39N3O4/c1-17(2)16-26-24(31)22(27-23(30)19-7-9-20(32-6)10-8-19)18-11-13-28(14-12-18)21(29)15-25(3,4)5/h7-10,17-18,22H,11-16H2,1-6H3,(H,26,31)(H,27,30). The van der Waals surface area contributed by atoms with Crippen LogP contribution in [0.2, 0.25) is 0 Å². The van der Waals surface area contributed by atoms with E-state index in [1.54, 1.807) is 31.4 Å². The van der Waals surface area contributed by atoms with Crippen LogP contribution in [-0.4, -0.2) is 55.4 Å². The predicted octanol–water partition coefficient (Wildman–Crippen LogP) is 3.24. The molecule has 7 nitrogen and oxygen atoms in total. The third-order valence-electron chi connectivity index (χ3n) is 5.65. The fourth-order valence-electron chi connectivity index (χ4n) is 3.83. The van der Waals surface area contributed by atoms with Crippen LogP contribution in [0.15, 0.2) is 24.3 Å². The Bertz CT molecular complexity index is 775. The number of ether oxygens (including phenoxy) is 1. The Morgan fingerprint density at radius 2 is 1.69 bits per heavy atom. The van der Waals surface area contributed by atoms with E-state index in [9.17, 15) is 14.4 Å². The Balaban J connectivity index is 2.07. The number of likely N-dealkylation sites (tertiary alicyclic amines) is 1. The molecule has 1 aromatic rings. The molecule has 2 rings (SSSR count).